The predicted octanol–water partition coefficient (Wildman–Crippen LogP) is 6.48. The number of phenolic OH excluding ortho intramolecular Hbond substituents is 1. The van der Waals surface area contributed by atoms with Crippen LogP contribution in [0.25, 0.3) is 44.8 Å². The molecule has 0 amide bonds. The number of fused-ring (bicyclic) bond motifs is 2. The van der Waals surface area contributed by atoms with Crippen molar-refractivity contribution in [3.63, 3.8) is 0 Å². The minimum atomic E-state index is 0.216. The van der Waals surface area contributed by atoms with E-state index in [1.807, 2.05) is 6.07 Å². The number of likely N-dealkylation sites (N-methyl/N-ethyl adjacent to an activating group) is 1. The van der Waals surface area contributed by atoms with Gasteiger partial charge in [0.15, 0.2) is 0 Å². The van der Waals surface area contributed by atoms with Crippen molar-refractivity contribution < 1.29 is 5.11 Å². The molecule has 196 valence electrons. The van der Waals surface area contributed by atoms with Crippen LogP contribution in [0.5, 0.6) is 5.75 Å². The summed E-state index contributed by atoms with van der Waals surface area (Å²) < 4.78 is 0. The lowest BCUT2D eigenvalue weighted by Crippen LogP contribution is -2.44. The highest BCUT2D eigenvalue weighted by Crippen LogP contribution is 2.38. The number of imidazole rings is 2. The molecule has 3 N–H and O–H groups in total. The quantitative estimate of drug-likeness (QED) is 0.253. The monoisotopic (exact) mass is 508 g/mol. The molecule has 3 heterocycles. The molecular weight excluding hydrogens is 472 g/mol. The van der Waals surface area contributed by atoms with Crippen molar-refractivity contribution in [2.24, 2.45) is 0 Å². The average molecular weight is 509 g/mol. The minimum Gasteiger partial charge on any atom is -0.507 e. The smallest absolute Gasteiger partial charge is 0.138 e. The molecule has 1 saturated heterocycles. The van der Waals surface area contributed by atoms with Crippen LogP contribution in [0.2, 0.25) is 0 Å². The molecule has 0 bridgehead atoms. The number of nitrogens with zero attached hydrogens (tertiary/aromatic N) is 4. The standard InChI is InChI=1S/C31H36N6O/c1-18(2)23-14-21(15-24(19(3)4)29(23)38)31-33-25-8-6-20(16-27(25)34-31)30-32-26-9-7-22(17-28(26)35-30)37-12-10-36(5)11-13-37/h6-9,14-19,38H,10-13H2,1-5H3,(H,32,35)(H,33,34). The number of anilines is 1. The van der Waals surface area contributed by atoms with E-state index in [2.05, 4.69) is 97.0 Å². The molecule has 0 aliphatic carbocycles. The predicted molar refractivity (Wildman–Crippen MR) is 156 cm³/mol. The largest absolute Gasteiger partial charge is 0.507 e. The lowest BCUT2D eigenvalue weighted by atomic mass is 9.91. The highest BCUT2D eigenvalue weighted by Gasteiger charge is 2.18. The van der Waals surface area contributed by atoms with Crippen LogP contribution >= 0.6 is 0 Å². The summed E-state index contributed by atoms with van der Waals surface area (Å²) in [5.74, 6) is 2.49. The van der Waals surface area contributed by atoms with Gasteiger partial charge in [-0.15, -0.1) is 0 Å². The van der Waals surface area contributed by atoms with Crippen LogP contribution in [0.15, 0.2) is 48.5 Å². The summed E-state index contributed by atoms with van der Waals surface area (Å²) in [5, 5.41) is 10.8. The molecular formula is C31H36N6O. The number of aromatic nitrogens is 4. The van der Waals surface area contributed by atoms with Crippen molar-refractivity contribution in [2.75, 3.05) is 38.1 Å². The first-order chi connectivity index (χ1) is 18.3. The van der Waals surface area contributed by atoms with Gasteiger partial charge in [0.2, 0.25) is 0 Å². The van der Waals surface area contributed by atoms with Gasteiger partial charge >= 0.3 is 0 Å². The highest BCUT2D eigenvalue weighted by atomic mass is 16.3. The number of phenols is 1. The second-order valence-electron chi connectivity index (χ2n) is 11.2. The lowest BCUT2D eigenvalue weighted by molar-refractivity contribution is 0.313. The minimum absolute atomic E-state index is 0.216. The Labute approximate surface area is 223 Å². The lowest BCUT2D eigenvalue weighted by Gasteiger charge is -2.34. The second kappa shape index (κ2) is 9.48. The Morgan fingerprint density at radius 3 is 1.87 bits per heavy atom. The maximum absolute atomic E-state index is 10.8. The van der Waals surface area contributed by atoms with Gasteiger partial charge < -0.3 is 24.9 Å². The van der Waals surface area contributed by atoms with E-state index >= 15 is 0 Å². The van der Waals surface area contributed by atoms with Gasteiger partial charge in [0.1, 0.15) is 17.4 Å². The molecule has 0 atom stereocenters. The van der Waals surface area contributed by atoms with Gasteiger partial charge in [-0.05, 0) is 78.5 Å². The van der Waals surface area contributed by atoms with E-state index in [0.717, 1.165) is 82.1 Å². The van der Waals surface area contributed by atoms with E-state index in [1.165, 1.54) is 5.69 Å². The van der Waals surface area contributed by atoms with Crippen molar-refractivity contribution in [3.8, 4) is 28.5 Å². The number of H-pyrrole nitrogens is 2. The van der Waals surface area contributed by atoms with Crippen LogP contribution < -0.4 is 4.90 Å². The van der Waals surface area contributed by atoms with Crippen LogP contribution in [-0.2, 0) is 0 Å². The summed E-state index contributed by atoms with van der Waals surface area (Å²) in [6.45, 7) is 12.7. The summed E-state index contributed by atoms with van der Waals surface area (Å²) in [6.07, 6.45) is 0. The van der Waals surface area contributed by atoms with Crippen LogP contribution in [0, 0.1) is 0 Å². The molecule has 3 aromatic carbocycles. The number of nitrogens with one attached hydrogen (secondary N) is 2. The molecule has 1 aliphatic heterocycles. The van der Waals surface area contributed by atoms with E-state index in [1.54, 1.807) is 0 Å². The molecule has 2 aromatic heterocycles. The Morgan fingerprint density at radius 1 is 0.711 bits per heavy atom. The number of hydrogen-bond donors (Lipinski definition) is 3. The van der Waals surface area contributed by atoms with Gasteiger partial charge in [0, 0.05) is 43.0 Å². The molecule has 38 heavy (non-hydrogen) atoms. The average Bonchev–Trinajstić information content (AvgIpc) is 3.52. The fourth-order valence-electron chi connectivity index (χ4n) is 5.39. The van der Waals surface area contributed by atoms with Crippen molar-refractivity contribution in [1.82, 2.24) is 24.8 Å². The van der Waals surface area contributed by atoms with Gasteiger partial charge in [-0.2, -0.15) is 0 Å². The zero-order valence-electron chi connectivity index (χ0n) is 22.8. The van der Waals surface area contributed by atoms with Gasteiger partial charge in [0.05, 0.1) is 22.1 Å². The molecule has 6 rings (SSSR count). The van der Waals surface area contributed by atoms with E-state index in [0.29, 0.717) is 5.75 Å². The number of aromatic amines is 2. The fraction of sp³-hybridized carbons (Fsp3) is 0.355. The van der Waals surface area contributed by atoms with Crippen molar-refractivity contribution in [2.45, 2.75) is 39.5 Å². The number of aromatic hydroxyl groups is 1. The number of rotatable bonds is 5. The van der Waals surface area contributed by atoms with Gasteiger partial charge in [0.25, 0.3) is 0 Å². The molecule has 1 aliphatic rings. The highest BCUT2D eigenvalue weighted by molar-refractivity contribution is 5.87. The Morgan fingerprint density at radius 2 is 1.26 bits per heavy atom. The normalized spacial score (nSPS) is 15.0. The Hall–Kier alpha value is -3.84. The molecule has 0 radical (unpaired) electrons. The summed E-state index contributed by atoms with van der Waals surface area (Å²) in [4.78, 5) is 21.6. The van der Waals surface area contributed by atoms with Crippen LogP contribution in [0.3, 0.4) is 0 Å². The molecule has 1 fully saturated rings. The van der Waals surface area contributed by atoms with Gasteiger partial charge in [-0.25, -0.2) is 9.97 Å². The summed E-state index contributed by atoms with van der Waals surface area (Å²) in [7, 11) is 2.18. The van der Waals surface area contributed by atoms with E-state index in [4.69, 9.17) is 9.97 Å². The summed E-state index contributed by atoms with van der Waals surface area (Å²) in [5.41, 5.74) is 9.03. The van der Waals surface area contributed by atoms with Gasteiger partial charge in [-0.1, -0.05) is 27.7 Å². The number of hydrogen-bond acceptors (Lipinski definition) is 5. The van der Waals surface area contributed by atoms with Gasteiger partial charge in [-0.3, -0.25) is 0 Å². The Kier molecular flexibility index (Phi) is 6.11. The first kappa shape index (κ1) is 24.5. The second-order valence-corrected chi connectivity index (χ2v) is 11.2. The molecule has 7 nitrogen and oxygen atoms in total. The van der Waals surface area contributed by atoms with Crippen LogP contribution in [0.1, 0.15) is 50.7 Å². The summed E-state index contributed by atoms with van der Waals surface area (Å²) >= 11 is 0. The third kappa shape index (κ3) is 4.41. The molecule has 0 saturated carbocycles. The number of piperazine rings is 1. The topological polar surface area (TPSA) is 84.1 Å². The number of benzene rings is 3. The molecule has 0 spiro atoms. The SMILES string of the molecule is CC(C)c1cc(-c2nc3ccc(-c4nc5ccc(N6CCN(C)CC6)cc5[nH]4)cc3[nH]2)cc(C(C)C)c1O. The third-order valence-electron chi connectivity index (χ3n) is 7.78. The maximum Gasteiger partial charge on any atom is 0.138 e. The zero-order valence-corrected chi connectivity index (χ0v) is 22.8. The Bertz CT molecular complexity index is 1590. The van der Waals surface area contributed by atoms with E-state index in [-0.39, 0.29) is 11.8 Å². The van der Waals surface area contributed by atoms with E-state index in [9.17, 15) is 5.11 Å². The summed E-state index contributed by atoms with van der Waals surface area (Å²) in [6, 6.07) is 16.8. The third-order valence-corrected chi connectivity index (χ3v) is 7.78. The van der Waals surface area contributed by atoms with Crippen LogP contribution in [-0.4, -0.2) is 63.2 Å². The Balaban J connectivity index is 1.34. The zero-order chi connectivity index (χ0) is 26.6. The van der Waals surface area contributed by atoms with Crippen molar-refractivity contribution >= 4 is 27.8 Å². The maximum atomic E-state index is 10.8. The van der Waals surface area contributed by atoms with Crippen molar-refractivity contribution in [1.29, 1.82) is 0 Å². The van der Waals surface area contributed by atoms with E-state index < -0.39 is 0 Å². The molecule has 0 unspecified atom stereocenters. The van der Waals surface area contributed by atoms with Crippen LogP contribution in [0.4, 0.5) is 5.69 Å². The fourth-order valence-corrected chi connectivity index (χ4v) is 5.39. The molecule has 7 heteroatoms. The molecule has 5 aromatic rings. The van der Waals surface area contributed by atoms with Crippen molar-refractivity contribution in [3.05, 3.63) is 59.7 Å². The first-order valence-electron chi connectivity index (χ1n) is 13.6. The first-order valence-corrected chi connectivity index (χ1v) is 13.6.